The van der Waals surface area contributed by atoms with Gasteiger partial charge in [0.1, 0.15) is 6.33 Å². The normalized spacial score (nSPS) is 11.3. The maximum atomic E-state index is 11.3. The highest BCUT2D eigenvalue weighted by atomic mass is 32.2. The number of carboxylic acid groups (broad SMARTS) is 1. The van der Waals surface area contributed by atoms with Crippen LogP contribution in [0.15, 0.2) is 67.1 Å². The van der Waals surface area contributed by atoms with Gasteiger partial charge in [0.05, 0.1) is 11.9 Å². The standard InChI is InChI=1S/C20H19N7O2S.C2HF3O2/c1-27-13-22-25-19(27)15-5-7-16(8-6-15)23-20-21-12-11-18(24-20)14-3-9-17(10-4-14)26-30(2,28)29;3-2(4,5)1(6)7/h3-13,26H,1-2H3,(H,21,23,24);(H,6,7). The summed E-state index contributed by atoms with van der Waals surface area (Å²) in [5.41, 5.74) is 3.85. The lowest BCUT2D eigenvalue weighted by Gasteiger charge is -2.08. The van der Waals surface area contributed by atoms with E-state index < -0.39 is 22.2 Å². The van der Waals surface area contributed by atoms with Crippen molar-refractivity contribution in [2.45, 2.75) is 6.18 Å². The summed E-state index contributed by atoms with van der Waals surface area (Å²) in [6.45, 7) is 0. The van der Waals surface area contributed by atoms with Gasteiger partial charge in [-0.3, -0.25) is 4.72 Å². The highest BCUT2D eigenvalue weighted by molar-refractivity contribution is 7.92. The van der Waals surface area contributed by atoms with Crippen molar-refractivity contribution in [2.75, 3.05) is 16.3 Å². The van der Waals surface area contributed by atoms with Crippen molar-refractivity contribution in [3.63, 3.8) is 0 Å². The van der Waals surface area contributed by atoms with Crippen LogP contribution in [0.4, 0.5) is 30.5 Å². The Labute approximate surface area is 209 Å². The van der Waals surface area contributed by atoms with E-state index in [9.17, 15) is 21.6 Å². The van der Waals surface area contributed by atoms with Crippen LogP contribution in [0.5, 0.6) is 0 Å². The SMILES string of the molecule is Cn1cnnc1-c1ccc(Nc2nccc(-c3ccc(NS(C)(=O)=O)cc3)n2)cc1.O=C(O)C(F)(F)F. The molecule has 0 radical (unpaired) electrons. The van der Waals surface area contributed by atoms with Gasteiger partial charge in [0.15, 0.2) is 5.82 Å². The molecule has 2 heterocycles. The van der Waals surface area contributed by atoms with E-state index in [4.69, 9.17) is 9.90 Å². The molecule has 0 unspecified atom stereocenters. The van der Waals surface area contributed by atoms with Gasteiger partial charge < -0.3 is 15.0 Å². The third kappa shape index (κ3) is 7.99. The van der Waals surface area contributed by atoms with Crippen LogP contribution in [0.2, 0.25) is 0 Å². The predicted octanol–water partition coefficient (Wildman–Crippen LogP) is 3.69. The summed E-state index contributed by atoms with van der Waals surface area (Å²) in [6, 6.07) is 16.5. The van der Waals surface area contributed by atoms with Gasteiger partial charge in [-0.1, -0.05) is 12.1 Å². The number of nitrogens with zero attached hydrogens (tertiary/aromatic N) is 5. The number of aryl methyl sites for hydroxylation is 1. The number of hydrogen-bond donors (Lipinski definition) is 3. The van der Waals surface area contributed by atoms with Crippen LogP contribution in [0.1, 0.15) is 0 Å². The van der Waals surface area contributed by atoms with Crippen molar-refractivity contribution in [2.24, 2.45) is 7.05 Å². The summed E-state index contributed by atoms with van der Waals surface area (Å²) in [7, 11) is -1.42. The number of rotatable bonds is 6. The first kappa shape index (κ1) is 27.1. The van der Waals surface area contributed by atoms with Gasteiger partial charge in [0.2, 0.25) is 16.0 Å². The Morgan fingerprint density at radius 2 is 1.54 bits per heavy atom. The number of benzene rings is 2. The largest absolute Gasteiger partial charge is 0.490 e. The van der Waals surface area contributed by atoms with Crippen LogP contribution >= 0.6 is 0 Å². The van der Waals surface area contributed by atoms with E-state index in [1.165, 1.54) is 0 Å². The van der Waals surface area contributed by atoms with Gasteiger partial charge >= 0.3 is 12.1 Å². The molecule has 2 aromatic carbocycles. The minimum Gasteiger partial charge on any atom is -0.475 e. The van der Waals surface area contributed by atoms with Gasteiger partial charge in [0.25, 0.3) is 0 Å². The summed E-state index contributed by atoms with van der Waals surface area (Å²) in [4.78, 5) is 17.7. The van der Waals surface area contributed by atoms with Gasteiger partial charge in [0, 0.05) is 35.7 Å². The average Bonchev–Trinajstić information content (AvgIpc) is 3.25. The van der Waals surface area contributed by atoms with Crippen LogP contribution in [-0.2, 0) is 21.9 Å². The molecule has 0 saturated carbocycles. The van der Waals surface area contributed by atoms with Crippen molar-refractivity contribution in [1.82, 2.24) is 24.7 Å². The van der Waals surface area contributed by atoms with E-state index in [0.717, 1.165) is 28.9 Å². The first-order chi connectivity index (χ1) is 17.3. The van der Waals surface area contributed by atoms with E-state index in [0.29, 0.717) is 17.3 Å². The molecular weight excluding hydrogens is 515 g/mol. The number of hydrogen-bond acceptors (Lipinski definition) is 8. The van der Waals surface area contributed by atoms with Gasteiger partial charge in [-0.15, -0.1) is 10.2 Å². The quantitative estimate of drug-likeness (QED) is 0.336. The van der Waals surface area contributed by atoms with Crippen LogP contribution in [0.3, 0.4) is 0 Å². The molecule has 4 rings (SSSR count). The molecular formula is C22H20F3N7O4S. The first-order valence-corrected chi connectivity index (χ1v) is 12.1. The molecule has 194 valence electrons. The monoisotopic (exact) mass is 535 g/mol. The molecule has 3 N–H and O–H groups in total. The number of anilines is 3. The fourth-order valence-corrected chi connectivity index (χ4v) is 3.44. The second-order valence-corrected chi connectivity index (χ2v) is 9.24. The van der Waals surface area contributed by atoms with Crippen LogP contribution in [-0.4, -0.2) is 56.7 Å². The molecule has 2 aromatic heterocycles. The average molecular weight is 536 g/mol. The van der Waals surface area contributed by atoms with Crippen LogP contribution in [0.25, 0.3) is 22.6 Å². The fraction of sp³-hybridized carbons (Fsp3) is 0.136. The topological polar surface area (TPSA) is 152 Å². The predicted molar refractivity (Wildman–Crippen MR) is 129 cm³/mol. The molecule has 0 aliphatic carbocycles. The van der Waals surface area contributed by atoms with E-state index in [1.807, 2.05) is 35.9 Å². The third-order valence-electron chi connectivity index (χ3n) is 4.49. The Balaban J connectivity index is 0.000000479. The second-order valence-electron chi connectivity index (χ2n) is 7.49. The van der Waals surface area contributed by atoms with Gasteiger partial charge in [-0.2, -0.15) is 13.2 Å². The van der Waals surface area contributed by atoms with Gasteiger partial charge in [-0.05, 0) is 42.5 Å². The summed E-state index contributed by atoms with van der Waals surface area (Å²) in [5, 5.41) is 18.3. The molecule has 0 saturated heterocycles. The van der Waals surface area contributed by atoms with Crippen LogP contribution < -0.4 is 10.0 Å². The molecule has 0 fully saturated rings. The van der Waals surface area contributed by atoms with E-state index in [-0.39, 0.29) is 0 Å². The maximum Gasteiger partial charge on any atom is 0.490 e. The zero-order chi connectivity index (χ0) is 27.2. The summed E-state index contributed by atoms with van der Waals surface area (Å²) in [5.74, 6) is -1.52. The van der Waals surface area contributed by atoms with E-state index in [2.05, 4.69) is 30.2 Å². The van der Waals surface area contributed by atoms with Crippen molar-refractivity contribution in [3.05, 3.63) is 67.1 Å². The number of aliphatic carboxylic acids is 1. The Kier molecular flexibility index (Phi) is 8.07. The number of carboxylic acids is 1. The summed E-state index contributed by atoms with van der Waals surface area (Å²) in [6.07, 6.45) is -0.644. The van der Waals surface area contributed by atoms with E-state index in [1.54, 1.807) is 42.9 Å². The molecule has 0 aliphatic rings. The second kappa shape index (κ2) is 11.0. The number of nitrogens with one attached hydrogen (secondary N) is 2. The lowest BCUT2D eigenvalue weighted by atomic mass is 10.1. The number of alkyl halides is 3. The van der Waals surface area contributed by atoms with Crippen molar-refractivity contribution in [3.8, 4) is 22.6 Å². The molecule has 37 heavy (non-hydrogen) atoms. The van der Waals surface area contributed by atoms with Crippen molar-refractivity contribution >= 4 is 33.3 Å². The molecule has 15 heteroatoms. The highest BCUT2D eigenvalue weighted by Crippen LogP contribution is 2.23. The van der Waals surface area contributed by atoms with E-state index >= 15 is 0 Å². The van der Waals surface area contributed by atoms with Crippen molar-refractivity contribution < 1.29 is 31.5 Å². The lowest BCUT2D eigenvalue weighted by Crippen LogP contribution is -2.21. The summed E-state index contributed by atoms with van der Waals surface area (Å²) >= 11 is 0. The molecule has 0 bridgehead atoms. The zero-order valence-corrected chi connectivity index (χ0v) is 20.1. The number of aromatic nitrogens is 5. The molecule has 4 aromatic rings. The smallest absolute Gasteiger partial charge is 0.475 e. The molecule has 0 spiro atoms. The number of sulfonamides is 1. The Morgan fingerprint density at radius 1 is 0.973 bits per heavy atom. The number of halogens is 3. The lowest BCUT2D eigenvalue weighted by molar-refractivity contribution is -0.192. The van der Waals surface area contributed by atoms with Crippen molar-refractivity contribution in [1.29, 1.82) is 0 Å². The Morgan fingerprint density at radius 3 is 2.05 bits per heavy atom. The van der Waals surface area contributed by atoms with Crippen LogP contribution in [0, 0.1) is 0 Å². The molecule has 0 amide bonds. The Hall–Kier alpha value is -4.53. The molecule has 11 nitrogen and oxygen atoms in total. The summed E-state index contributed by atoms with van der Waals surface area (Å²) < 4.78 is 58.7. The minimum atomic E-state index is -5.08. The van der Waals surface area contributed by atoms with Gasteiger partial charge in [-0.25, -0.2) is 23.2 Å². The zero-order valence-electron chi connectivity index (χ0n) is 19.3. The fourth-order valence-electron chi connectivity index (χ4n) is 2.88. The molecule has 0 aliphatic heterocycles. The number of carbonyl (C=O) groups is 1. The minimum absolute atomic E-state index is 0.456. The highest BCUT2D eigenvalue weighted by Gasteiger charge is 2.38. The first-order valence-electron chi connectivity index (χ1n) is 10.2. The Bertz CT molecular complexity index is 1470. The molecule has 0 atom stereocenters. The third-order valence-corrected chi connectivity index (χ3v) is 5.10. The maximum absolute atomic E-state index is 11.3.